The number of hydrogen-bond acceptors (Lipinski definition) is 2. The molecule has 16 heavy (non-hydrogen) atoms. The summed E-state index contributed by atoms with van der Waals surface area (Å²) >= 11 is 0. The van der Waals surface area contributed by atoms with Crippen molar-refractivity contribution in [3.8, 4) is 0 Å². The molecule has 0 amide bonds. The normalized spacial score (nSPS) is 30.6. The molecule has 3 heteroatoms. The predicted octanol–water partition coefficient (Wildman–Crippen LogP) is 2.58. The fraction of sp³-hybridized carbons (Fsp3) is 0.769. The minimum atomic E-state index is 0.301. The van der Waals surface area contributed by atoms with Gasteiger partial charge in [0.1, 0.15) is 0 Å². The van der Waals surface area contributed by atoms with Gasteiger partial charge in [-0.2, -0.15) is 0 Å². The van der Waals surface area contributed by atoms with Gasteiger partial charge in [0.05, 0.1) is 18.1 Å². The molecule has 90 valence electrons. The Bertz CT molecular complexity index is 356. The molecule has 3 unspecified atom stereocenters. The molecule has 1 aliphatic carbocycles. The first-order valence-corrected chi connectivity index (χ1v) is 6.39. The highest BCUT2D eigenvalue weighted by Crippen LogP contribution is 2.34. The molecule has 3 atom stereocenters. The second-order valence-corrected chi connectivity index (χ2v) is 5.14. The lowest BCUT2D eigenvalue weighted by molar-refractivity contribution is 0.228. The highest BCUT2D eigenvalue weighted by Gasteiger charge is 2.29. The molecule has 1 aromatic rings. The number of rotatable bonds is 2. The van der Waals surface area contributed by atoms with Crippen molar-refractivity contribution in [1.29, 1.82) is 0 Å². The van der Waals surface area contributed by atoms with Crippen LogP contribution in [0.3, 0.4) is 0 Å². The lowest BCUT2D eigenvalue weighted by Gasteiger charge is -2.35. The van der Waals surface area contributed by atoms with E-state index in [9.17, 15) is 0 Å². The first-order chi connectivity index (χ1) is 7.63. The van der Waals surface area contributed by atoms with Crippen molar-refractivity contribution in [2.24, 2.45) is 11.7 Å². The van der Waals surface area contributed by atoms with E-state index in [-0.39, 0.29) is 0 Å². The summed E-state index contributed by atoms with van der Waals surface area (Å²) in [4.78, 5) is 4.38. The van der Waals surface area contributed by atoms with Gasteiger partial charge in [-0.1, -0.05) is 13.3 Å². The standard InChI is InChI=1S/C13H23N3/c1-4-11-5-6-12(14)13(7-11)16-8-15-9(2)10(16)3/h8,11-13H,4-7,14H2,1-3H3. The van der Waals surface area contributed by atoms with E-state index in [1.165, 1.54) is 25.0 Å². The van der Waals surface area contributed by atoms with Crippen LogP contribution >= 0.6 is 0 Å². The third-order valence-electron chi connectivity index (χ3n) is 4.20. The molecular weight excluding hydrogens is 198 g/mol. The summed E-state index contributed by atoms with van der Waals surface area (Å²) in [6, 6.07) is 0.759. The van der Waals surface area contributed by atoms with Crippen LogP contribution in [-0.2, 0) is 0 Å². The van der Waals surface area contributed by atoms with Gasteiger partial charge in [0.15, 0.2) is 0 Å². The van der Waals surface area contributed by atoms with Gasteiger partial charge < -0.3 is 10.3 Å². The quantitative estimate of drug-likeness (QED) is 0.834. The van der Waals surface area contributed by atoms with Crippen molar-refractivity contribution in [3.63, 3.8) is 0 Å². The summed E-state index contributed by atoms with van der Waals surface area (Å²) in [5.41, 5.74) is 8.66. The van der Waals surface area contributed by atoms with Crippen LogP contribution in [0.15, 0.2) is 6.33 Å². The maximum Gasteiger partial charge on any atom is 0.0954 e. The molecule has 3 nitrogen and oxygen atoms in total. The Balaban J connectivity index is 2.21. The van der Waals surface area contributed by atoms with E-state index < -0.39 is 0 Å². The molecule has 0 spiro atoms. The van der Waals surface area contributed by atoms with Crippen molar-refractivity contribution in [2.75, 3.05) is 0 Å². The van der Waals surface area contributed by atoms with Gasteiger partial charge in [-0.15, -0.1) is 0 Å². The lowest BCUT2D eigenvalue weighted by Crippen LogP contribution is -2.37. The van der Waals surface area contributed by atoms with Gasteiger partial charge in [-0.05, 0) is 39.0 Å². The van der Waals surface area contributed by atoms with Crippen LogP contribution in [0.5, 0.6) is 0 Å². The zero-order valence-corrected chi connectivity index (χ0v) is 10.6. The van der Waals surface area contributed by atoms with Gasteiger partial charge in [0.25, 0.3) is 0 Å². The SMILES string of the molecule is CCC1CCC(N)C(n2cnc(C)c2C)C1. The Labute approximate surface area is 98.1 Å². The van der Waals surface area contributed by atoms with Crippen LogP contribution in [0.4, 0.5) is 0 Å². The maximum atomic E-state index is 6.26. The van der Waals surface area contributed by atoms with Crippen molar-refractivity contribution in [2.45, 2.75) is 58.5 Å². The van der Waals surface area contributed by atoms with E-state index in [0.717, 1.165) is 18.0 Å². The third-order valence-corrected chi connectivity index (χ3v) is 4.20. The van der Waals surface area contributed by atoms with Gasteiger partial charge in [-0.25, -0.2) is 4.98 Å². The summed E-state index contributed by atoms with van der Waals surface area (Å²) in [5.74, 6) is 0.840. The second-order valence-electron chi connectivity index (χ2n) is 5.14. The zero-order chi connectivity index (χ0) is 11.7. The summed E-state index contributed by atoms with van der Waals surface area (Å²) in [5, 5.41) is 0. The average Bonchev–Trinajstić information content (AvgIpc) is 2.61. The van der Waals surface area contributed by atoms with E-state index in [4.69, 9.17) is 5.73 Å². The summed E-state index contributed by atoms with van der Waals surface area (Å²) < 4.78 is 2.29. The Morgan fingerprint density at radius 1 is 1.44 bits per heavy atom. The number of nitrogens with two attached hydrogens (primary N) is 1. The van der Waals surface area contributed by atoms with E-state index in [1.807, 2.05) is 6.33 Å². The summed E-state index contributed by atoms with van der Waals surface area (Å²) in [7, 11) is 0. The van der Waals surface area contributed by atoms with Crippen molar-refractivity contribution in [1.82, 2.24) is 9.55 Å². The minimum Gasteiger partial charge on any atom is -0.330 e. The molecule has 1 saturated carbocycles. The summed E-state index contributed by atoms with van der Waals surface area (Å²) in [6.07, 6.45) is 6.90. The second kappa shape index (κ2) is 4.58. The van der Waals surface area contributed by atoms with Gasteiger partial charge in [-0.3, -0.25) is 0 Å². The molecule has 1 aliphatic rings. The first kappa shape index (κ1) is 11.6. The van der Waals surface area contributed by atoms with Crippen molar-refractivity contribution >= 4 is 0 Å². The first-order valence-electron chi connectivity index (χ1n) is 6.39. The fourth-order valence-electron chi connectivity index (χ4n) is 2.80. The molecule has 1 aromatic heterocycles. The fourth-order valence-corrected chi connectivity index (χ4v) is 2.80. The van der Waals surface area contributed by atoms with E-state index in [1.54, 1.807) is 0 Å². The van der Waals surface area contributed by atoms with Crippen LogP contribution in [0.25, 0.3) is 0 Å². The van der Waals surface area contributed by atoms with Crippen molar-refractivity contribution in [3.05, 3.63) is 17.7 Å². The van der Waals surface area contributed by atoms with Gasteiger partial charge in [0, 0.05) is 11.7 Å². The molecule has 0 radical (unpaired) electrons. The average molecular weight is 221 g/mol. The van der Waals surface area contributed by atoms with E-state index in [0.29, 0.717) is 12.1 Å². The minimum absolute atomic E-state index is 0.301. The Morgan fingerprint density at radius 2 is 2.19 bits per heavy atom. The molecule has 1 heterocycles. The Kier molecular flexibility index (Phi) is 3.33. The summed E-state index contributed by atoms with van der Waals surface area (Å²) in [6.45, 7) is 6.49. The Morgan fingerprint density at radius 3 is 2.75 bits per heavy atom. The van der Waals surface area contributed by atoms with Crippen LogP contribution in [0, 0.1) is 19.8 Å². The number of aromatic nitrogens is 2. The van der Waals surface area contributed by atoms with Crippen LogP contribution < -0.4 is 5.73 Å². The highest BCUT2D eigenvalue weighted by atomic mass is 15.1. The highest BCUT2D eigenvalue weighted by molar-refractivity contribution is 5.11. The number of imidazole rings is 1. The molecular formula is C13H23N3. The smallest absolute Gasteiger partial charge is 0.0954 e. The number of hydrogen-bond donors (Lipinski definition) is 1. The molecule has 0 aliphatic heterocycles. The lowest BCUT2D eigenvalue weighted by atomic mass is 9.81. The number of nitrogens with zero attached hydrogens (tertiary/aromatic N) is 2. The molecule has 2 N–H and O–H groups in total. The Hall–Kier alpha value is -0.830. The molecule has 2 rings (SSSR count). The van der Waals surface area contributed by atoms with Crippen LogP contribution in [-0.4, -0.2) is 15.6 Å². The van der Waals surface area contributed by atoms with E-state index >= 15 is 0 Å². The van der Waals surface area contributed by atoms with Crippen LogP contribution in [0.2, 0.25) is 0 Å². The topological polar surface area (TPSA) is 43.8 Å². The number of aryl methyl sites for hydroxylation is 1. The molecule has 0 saturated heterocycles. The monoisotopic (exact) mass is 221 g/mol. The molecule has 0 bridgehead atoms. The maximum absolute atomic E-state index is 6.26. The zero-order valence-electron chi connectivity index (χ0n) is 10.6. The van der Waals surface area contributed by atoms with Crippen LogP contribution in [0.1, 0.15) is 50.0 Å². The predicted molar refractivity (Wildman–Crippen MR) is 66.3 cm³/mol. The van der Waals surface area contributed by atoms with Gasteiger partial charge >= 0.3 is 0 Å². The molecule has 0 aromatic carbocycles. The van der Waals surface area contributed by atoms with E-state index in [2.05, 4.69) is 30.3 Å². The largest absolute Gasteiger partial charge is 0.330 e. The molecule has 1 fully saturated rings. The third kappa shape index (κ3) is 2.01. The van der Waals surface area contributed by atoms with Gasteiger partial charge in [0.2, 0.25) is 0 Å². The van der Waals surface area contributed by atoms with Crippen molar-refractivity contribution < 1.29 is 0 Å².